The molecule has 0 aliphatic rings. The number of carbonyl (C=O) groups is 4. The number of hydrogen-bond donors (Lipinski definition) is 3. The van der Waals surface area contributed by atoms with Crippen LogP contribution in [0, 0.1) is 0 Å². The van der Waals surface area contributed by atoms with Crippen LogP contribution in [0.4, 0.5) is 0 Å². The Kier molecular flexibility index (Phi) is 5.53. The molecule has 1 atom stereocenters. The molecule has 90 valence electrons. The number of rotatable bonds is 6. The van der Waals surface area contributed by atoms with Gasteiger partial charge in [0.2, 0.25) is 5.91 Å². The fraction of sp³-hybridized carbons (Fsp3) is 0.500. The van der Waals surface area contributed by atoms with Crippen LogP contribution >= 0.6 is 0 Å². The van der Waals surface area contributed by atoms with E-state index in [0.717, 1.165) is 6.92 Å². The largest absolute Gasteiger partial charge is 0.481 e. The minimum Gasteiger partial charge on any atom is -0.481 e. The SMILES string of the molecule is CC(=O)OCC(=O)N[C@H](CC(=O)O)C(N)=O. The molecule has 0 saturated heterocycles. The van der Waals surface area contributed by atoms with Crippen molar-refractivity contribution >= 4 is 23.8 Å². The second kappa shape index (κ2) is 6.38. The number of nitrogens with one attached hydrogen (secondary N) is 1. The lowest BCUT2D eigenvalue weighted by Crippen LogP contribution is -2.47. The summed E-state index contributed by atoms with van der Waals surface area (Å²) in [6.07, 6.45) is -0.624. The fourth-order valence-electron chi connectivity index (χ4n) is 0.801. The number of primary amides is 1. The molecular formula is C8H12N2O6. The van der Waals surface area contributed by atoms with Gasteiger partial charge < -0.3 is 20.9 Å². The summed E-state index contributed by atoms with van der Waals surface area (Å²) in [6.45, 7) is 0.523. The van der Waals surface area contributed by atoms with Gasteiger partial charge in [-0.05, 0) is 0 Å². The van der Waals surface area contributed by atoms with Crippen molar-refractivity contribution in [1.82, 2.24) is 5.32 Å². The van der Waals surface area contributed by atoms with Gasteiger partial charge in [0.25, 0.3) is 5.91 Å². The third-order valence-electron chi connectivity index (χ3n) is 1.46. The summed E-state index contributed by atoms with van der Waals surface area (Å²) in [7, 11) is 0. The first-order chi connectivity index (χ1) is 7.32. The number of aliphatic carboxylic acids is 1. The van der Waals surface area contributed by atoms with Crippen LogP contribution in [-0.2, 0) is 23.9 Å². The van der Waals surface area contributed by atoms with E-state index >= 15 is 0 Å². The molecule has 0 spiro atoms. The van der Waals surface area contributed by atoms with Crippen molar-refractivity contribution in [3.63, 3.8) is 0 Å². The normalized spacial score (nSPS) is 11.3. The van der Waals surface area contributed by atoms with Crippen molar-refractivity contribution in [1.29, 1.82) is 0 Å². The second-order valence-electron chi connectivity index (χ2n) is 2.90. The average Bonchev–Trinajstić information content (AvgIpc) is 2.12. The van der Waals surface area contributed by atoms with Gasteiger partial charge in [-0.1, -0.05) is 0 Å². The molecule has 0 heterocycles. The van der Waals surface area contributed by atoms with Crippen molar-refractivity contribution in [2.45, 2.75) is 19.4 Å². The van der Waals surface area contributed by atoms with Crippen LogP contribution in [0.5, 0.6) is 0 Å². The van der Waals surface area contributed by atoms with Crippen LogP contribution in [0.2, 0.25) is 0 Å². The maximum Gasteiger partial charge on any atom is 0.305 e. The second-order valence-corrected chi connectivity index (χ2v) is 2.90. The number of hydrogen-bond acceptors (Lipinski definition) is 5. The molecule has 0 saturated carbocycles. The zero-order chi connectivity index (χ0) is 12.7. The Balaban J connectivity index is 4.18. The van der Waals surface area contributed by atoms with Crippen molar-refractivity contribution < 1.29 is 29.0 Å². The van der Waals surface area contributed by atoms with Crippen molar-refractivity contribution in [3.05, 3.63) is 0 Å². The third kappa shape index (κ3) is 6.35. The maximum absolute atomic E-state index is 11.1. The zero-order valence-corrected chi connectivity index (χ0v) is 8.56. The van der Waals surface area contributed by atoms with E-state index < -0.39 is 42.8 Å². The highest BCUT2D eigenvalue weighted by atomic mass is 16.5. The molecule has 0 rings (SSSR count). The van der Waals surface area contributed by atoms with Gasteiger partial charge in [0.05, 0.1) is 6.42 Å². The molecule has 0 radical (unpaired) electrons. The molecule has 0 aromatic heterocycles. The first-order valence-electron chi connectivity index (χ1n) is 4.26. The van der Waals surface area contributed by atoms with Gasteiger partial charge in [0, 0.05) is 6.92 Å². The fourth-order valence-corrected chi connectivity index (χ4v) is 0.801. The summed E-state index contributed by atoms with van der Waals surface area (Å²) < 4.78 is 4.34. The van der Waals surface area contributed by atoms with E-state index in [9.17, 15) is 19.2 Å². The van der Waals surface area contributed by atoms with Gasteiger partial charge in [-0.2, -0.15) is 0 Å². The summed E-state index contributed by atoms with van der Waals surface area (Å²) in [6, 6.07) is -1.32. The highest BCUT2D eigenvalue weighted by Gasteiger charge is 2.21. The molecule has 0 aliphatic heterocycles. The average molecular weight is 232 g/mol. The van der Waals surface area contributed by atoms with Crippen LogP contribution in [0.1, 0.15) is 13.3 Å². The molecular weight excluding hydrogens is 220 g/mol. The van der Waals surface area contributed by atoms with Gasteiger partial charge in [-0.3, -0.25) is 19.2 Å². The highest BCUT2D eigenvalue weighted by molar-refractivity contribution is 5.90. The van der Waals surface area contributed by atoms with E-state index in [1.807, 2.05) is 5.32 Å². The lowest BCUT2D eigenvalue weighted by molar-refractivity contribution is -0.147. The molecule has 0 bridgehead atoms. The van der Waals surface area contributed by atoms with Gasteiger partial charge in [0.1, 0.15) is 6.04 Å². The lowest BCUT2D eigenvalue weighted by Gasteiger charge is -2.12. The van der Waals surface area contributed by atoms with Crippen molar-refractivity contribution in [2.75, 3.05) is 6.61 Å². The molecule has 0 aromatic rings. The smallest absolute Gasteiger partial charge is 0.305 e. The van der Waals surface area contributed by atoms with Crippen LogP contribution < -0.4 is 11.1 Å². The maximum atomic E-state index is 11.1. The first-order valence-corrected chi connectivity index (χ1v) is 4.26. The molecule has 8 nitrogen and oxygen atoms in total. The number of carboxylic acid groups (broad SMARTS) is 1. The highest BCUT2D eigenvalue weighted by Crippen LogP contribution is 1.91. The van der Waals surface area contributed by atoms with E-state index in [0.29, 0.717) is 0 Å². The molecule has 0 aromatic carbocycles. The molecule has 0 unspecified atom stereocenters. The number of amides is 2. The number of carboxylic acids is 1. The number of nitrogens with two attached hydrogens (primary N) is 1. The number of ether oxygens (including phenoxy) is 1. The van der Waals surface area contributed by atoms with Crippen LogP contribution in [0.25, 0.3) is 0 Å². The quantitative estimate of drug-likeness (QED) is 0.453. The van der Waals surface area contributed by atoms with E-state index in [-0.39, 0.29) is 0 Å². The Labute approximate surface area is 90.7 Å². The van der Waals surface area contributed by atoms with E-state index in [1.54, 1.807) is 0 Å². The Morgan fingerprint density at radius 1 is 1.38 bits per heavy atom. The summed E-state index contributed by atoms with van der Waals surface area (Å²) in [5.41, 5.74) is 4.86. The Morgan fingerprint density at radius 2 is 1.94 bits per heavy atom. The van der Waals surface area contributed by atoms with Crippen LogP contribution in [0.15, 0.2) is 0 Å². The molecule has 0 fully saturated rings. The minimum absolute atomic E-state index is 0.585. The Morgan fingerprint density at radius 3 is 2.31 bits per heavy atom. The lowest BCUT2D eigenvalue weighted by atomic mass is 10.2. The zero-order valence-electron chi connectivity index (χ0n) is 8.56. The predicted octanol–water partition coefficient (Wildman–Crippen LogP) is -2.01. The molecule has 8 heteroatoms. The summed E-state index contributed by atoms with van der Waals surface area (Å²) in [5.74, 6) is -3.71. The molecule has 16 heavy (non-hydrogen) atoms. The summed E-state index contributed by atoms with van der Waals surface area (Å²) in [4.78, 5) is 42.5. The van der Waals surface area contributed by atoms with E-state index in [1.165, 1.54) is 0 Å². The molecule has 4 N–H and O–H groups in total. The van der Waals surface area contributed by atoms with Crippen molar-refractivity contribution in [3.8, 4) is 0 Å². The third-order valence-corrected chi connectivity index (χ3v) is 1.46. The van der Waals surface area contributed by atoms with E-state index in [2.05, 4.69) is 4.74 Å². The summed E-state index contributed by atoms with van der Waals surface area (Å²) in [5, 5.41) is 10.5. The molecule has 0 aliphatic carbocycles. The van der Waals surface area contributed by atoms with Crippen molar-refractivity contribution in [2.24, 2.45) is 5.73 Å². The summed E-state index contributed by atoms with van der Waals surface area (Å²) >= 11 is 0. The monoisotopic (exact) mass is 232 g/mol. The van der Waals surface area contributed by atoms with Gasteiger partial charge in [0.15, 0.2) is 6.61 Å². The first kappa shape index (κ1) is 13.9. The van der Waals surface area contributed by atoms with Gasteiger partial charge in [-0.15, -0.1) is 0 Å². The van der Waals surface area contributed by atoms with E-state index in [4.69, 9.17) is 10.8 Å². The Bertz CT molecular complexity index is 314. The molecule has 2 amide bonds. The standard InChI is InChI=1S/C8H12N2O6/c1-4(11)16-3-6(12)10-5(8(9)15)2-7(13)14/h5H,2-3H2,1H3,(H2,9,15)(H,10,12)(H,13,14)/t5-/m1/s1. The topological polar surface area (TPSA) is 136 Å². The Hall–Kier alpha value is -2.12. The van der Waals surface area contributed by atoms with Crippen LogP contribution in [-0.4, -0.2) is 41.5 Å². The number of carbonyl (C=O) groups excluding carboxylic acids is 3. The predicted molar refractivity (Wildman–Crippen MR) is 50.0 cm³/mol. The van der Waals surface area contributed by atoms with Gasteiger partial charge >= 0.3 is 11.9 Å². The van der Waals surface area contributed by atoms with Gasteiger partial charge in [-0.25, -0.2) is 0 Å². The minimum atomic E-state index is -1.32. The number of esters is 1. The van der Waals surface area contributed by atoms with Crippen LogP contribution in [0.3, 0.4) is 0 Å².